The zero-order chi connectivity index (χ0) is 24.4. The number of hydrogen-bond acceptors (Lipinski definition) is 5. The summed E-state index contributed by atoms with van der Waals surface area (Å²) in [5.74, 6) is 0.773. The van der Waals surface area contributed by atoms with Crippen LogP contribution in [0.2, 0.25) is 5.02 Å². The van der Waals surface area contributed by atoms with Gasteiger partial charge >= 0.3 is 0 Å². The summed E-state index contributed by atoms with van der Waals surface area (Å²) in [5, 5.41) is 3.64. The molecule has 0 atom stereocenters. The lowest BCUT2D eigenvalue weighted by atomic mass is 10.2. The van der Waals surface area contributed by atoms with Crippen molar-refractivity contribution in [2.45, 2.75) is 39.8 Å². The number of ether oxygens (including phenoxy) is 1. The summed E-state index contributed by atoms with van der Waals surface area (Å²) in [6, 6.07) is 12.6. The zero-order valence-corrected chi connectivity index (χ0v) is 20.3. The molecule has 0 aliphatic carbocycles. The van der Waals surface area contributed by atoms with Gasteiger partial charge in [0.1, 0.15) is 17.0 Å². The number of carbonyl (C=O) groups excluding carboxylic acids is 1. The van der Waals surface area contributed by atoms with Crippen molar-refractivity contribution in [1.82, 2.24) is 19.1 Å². The van der Waals surface area contributed by atoms with Gasteiger partial charge in [0.25, 0.3) is 11.5 Å². The van der Waals surface area contributed by atoms with E-state index in [1.165, 1.54) is 0 Å². The highest BCUT2D eigenvalue weighted by Gasteiger charge is 2.28. The van der Waals surface area contributed by atoms with E-state index in [4.69, 9.17) is 21.3 Å². The maximum absolute atomic E-state index is 13.8. The van der Waals surface area contributed by atoms with E-state index in [2.05, 4.69) is 10.3 Å². The van der Waals surface area contributed by atoms with Crippen LogP contribution in [0.3, 0.4) is 0 Å². The summed E-state index contributed by atoms with van der Waals surface area (Å²) >= 11 is 6.15. The number of benzene rings is 1. The molecule has 4 aromatic rings. The SMILES string of the molecule is CCc1nc2c(c(OC(C)C)c(C(=O)Nc3ccccn3)n2C)c(=O)n1Cc1cccc(Cl)c1. The Bertz CT molecular complexity index is 1410. The number of pyridine rings is 1. The van der Waals surface area contributed by atoms with E-state index in [9.17, 15) is 9.59 Å². The molecule has 8 nitrogen and oxygen atoms in total. The van der Waals surface area contributed by atoms with Crippen molar-refractivity contribution in [2.75, 3.05) is 5.32 Å². The monoisotopic (exact) mass is 479 g/mol. The van der Waals surface area contributed by atoms with Gasteiger partial charge in [0.05, 0.1) is 12.6 Å². The third kappa shape index (κ3) is 4.54. The van der Waals surface area contributed by atoms with Crippen LogP contribution in [0.4, 0.5) is 5.82 Å². The van der Waals surface area contributed by atoms with Gasteiger partial charge < -0.3 is 14.6 Å². The van der Waals surface area contributed by atoms with Crippen LogP contribution in [0.1, 0.15) is 42.6 Å². The quantitative estimate of drug-likeness (QED) is 0.423. The molecule has 0 unspecified atom stereocenters. The molecule has 0 spiro atoms. The van der Waals surface area contributed by atoms with Crippen LogP contribution in [0.5, 0.6) is 5.75 Å². The number of nitrogens with zero attached hydrogens (tertiary/aromatic N) is 4. The normalized spacial score (nSPS) is 11.2. The maximum Gasteiger partial charge on any atom is 0.277 e. The first-order valence-electron chi connectivity index (χ1n) is 11.1. The average Bonchev–Trinajstić information content (AvgIpc) is 3.07. The molecule has 9 heteroatoms. The number of halogens is 1. The van der Waals surface area contributed by atoms with Gasteiger partial charge in [-0.3, -0.25) is 14.2 Å². The van der Waals surface area contributed by atoms with Gasteiger partial charge in [0.15, 0.2) is 17.1 Å². The fourth-order valence-electron chi connectivity index (χ4n) is 3.87. The first-order chi connectivity index (χ1) is 16.3. The number of anilines is 1. The molecular formula is C25H26ClN5O3. The Kier molecular flexibility index (Phi) is 6.70. The highest BCUT2D eigenvalue weighted by molar-refractivity contribution is 6.30. The van der Waals surface area contributed by atoms with Crippen molar-refractivity contribution in [3.8, 4) is 5.75 Å². The minimum Gasteiger partial charge on any atom is -0.488 e. The molecule has 0 aliphatic heterocycles. The van der Waals surface area contributed by atoms with Crippen molar-refractivity contribution in [2.24, 2.45) is 7.05 Å². The molecule has 1 N–H and O–H groups in total. The van der Waals surface area contributed by atoms with Gasteiger partial charge in [-0.25, -0.2) is 9.97 Å². The number of carbonyl (C=O) groups is 1. The standard InChI is InChI=1S/C25H26ClN5O3/c1-5-19-29-23-20(25(33)31(19)14-16-9-8-10-17(26)13-16)22(34-15(2)3)21(30(23)4)24(32)28-18-11-6-7-12-27-18/h6-13,15H,5,14H2,1-4H3,(H,27,28,32). The number of nitrogens with one attached hydrogen (secondary N) is 1. The highest BCUT2D eigenvalue weighted by atomic mass is 35.5. The second-order valence-corrected chi connectivity index (χ2v) is 8.61. The Balaban J connectivity index is 1.91. The minimum absolute atomic E-state index is 0.209. The van der Waals surface area contributed by atoms with Crippen molar-refractivity contribution in [1.29, 1.82) is 0 Å². The number of rotatable bonds is 7. The lowest BCUT2D eigenvalue weighted by molar-refractivity contribution is 0.101. The molecule has 34 heavy (non-hydrogen) atoms. The van der Waals surface area contributed by atoms with Gasteiger partial charge in [-0.1, -0.05) is 36.7 Å². The Morgan fingerprint density at radius 2 is 2.00 bits per heavy atom. The topological polar surface area (TPSA) is 91.0 Å². The molecule has 1 aromatic carbocycles. The van der Waals surface area contributed by atoms with E-state index >= 15 is 0 Å². The van der Waals surface area contributed by atoms with E-state index in [0.29, 0.717) is 35.3 Å². The Hall–Kier alpha value is -3.65. The molecule has 176 valence electrons. The summed E-state index contributed by atoms with van der Waals surface area (Å²) in [5.41, 5.74) is 1.21. The van der Waals surface area contributed by atoms with Crippen molar-refractivity contribution in [3.63, 3.8) is 0 Å². The fraction of sp³-hybridized carbons (Fsp3) is 0.280. The van der Waals surface area contributed by atoms with Crippen molar-refractivity contribution in [3.05, 3.63) is 81.1 Å². The molecule has 3 aromatic heterocycles. The van der Waals surface area contributed by atoms with Crippen molar-refractivity contribution >= 4 is 34.4 Å². The first kappa shape index (κ1) is 23.5. The molecular weight excluding hydrogens is 454 g/mol. The Labute approximate surface area is 202 Å². The third-order valence-electron chi connectivity index (χ3n) is 5.35. The number of amides is 1. The summed E-state index contributed by atoms with van der Waals surface area (Å²) < 4.78 is 9.26. The predicted octanol–water partition coefficient (Wildman–Crippen LogP) is 4.43. The fourth-order valence-corrected chi connectivity index (χ4v) is 4.09. The van der Waals surface area contributed by atoms with Gasteiger partial charge in [0.2, 0.25) is 0 Å². The molecule has 1 amide bonds. The molecule has 0 saturated carbocycles. The largest absolute Gasteiger partial charge is 0.488 e. The number of aromatic nitrogens is 4. The second-order valence-electron chi connectivity index (χ2n) is 8.17. The molecule has 0 saturated heterocycles. The summed E-state index contributed by atoms with van der Waals surface area (Å²) in [6.45, 7) is 5.93. The number of fused-ring (bicyclic) bond motifs is 1. The highest BCUT2D eigenvalue weighted by Crippen LogP contribution is 2.31. The molecule has 4 rings (SSSR count). The molecule has 0 fully saturated rings. The lowest BCUT2D eigenvalue weighted by Gasteiger charge is -2.13. The van der Waals surface area contributed by atoms with Gasteiger partial charge in [-0.2, -0.15) is 0 Å². The number of aryl methyl sites for hydroxylation is 2. The predicted molar refractivity (Wildman–Crippen MR) is 133 cm³/mol. The summed E-state index contributed by atoms with van der Waals surface area (Å²) in [6.07, 6.45) is 1.86. The Morgan fingerprint density at radius 3 is 2.65 bits per heavy atom. The molecule has 0 aliphatic rings. The summed E-state index contributed by atoms with van der Waals surface area (Å²) in [7, 11) is 1.70. The smallest absolute Gasteiger partial charge is 0.277 e. The first-order valence-corrected chi connectivity index (χ1v) is 11.4. The van der Waals surface area contributed by atoms with Crippen LogP contribution in [-0.2, 0) is 20.0 Å². The van der Waals surface area contributed by atoms with E-state index in [1.54, 1.807) is 46.6 Å². The summed E-state index contributed by atoms with van der Waals surface area (Å²) in [4.78, 5) is 36.0. The molecule has 3 heterocycles. The minimum atomic E-state index is -0.436. The molecule has 0 radical (unpaired) electrons. The van der Waals surface area contributed by atoms with Crippen LogP contribution in [0.25, 0.3) is 11.0 Å². The molecule has 0 bridgehead atoms. The van der Waals surface area contributed by atoms with Crippen LogP contribution >= 0.6 is 11.6 Å². The van der Waals surface area contributed by atoms with Gasteiger partial charge in [-0.05, 0) is 43.7 Å². The van der Waals surface area contributed by atoms with Crippen LogP contribution in [0.15, 0.2) is 53.5 Å². The van der Waals surface area contributed by atoms with E-state index in [1.807, 2.05) is 39.0 Å². The zero-order valence-electron chi connectivity index (χ0n) is 19.5. The average molecular weight is 480 g/mol. The maximum atomic E-state index is 13.8. The van der Waals surface area contributed by atoms with Crippen molar-refractivity contribution < 1.29 is 9.53 Å². The Morgan fingerprint density at radius 1 is 1.21 bits per heavy atom. The van der Waals surface area contributed by atoms with E-state index < -0.39 is 5.91 Å². The van der Waals surface area contributed by atoms with Crippen LogP contribution < -0.4 is 15.6 Å². The van der Waals surface area contributed by atoms with Gasteiger partial charge in [0, 0.05) is 24.7 Å². The van der Waals surface area contributed by atoms with E-state index in [-0.39, 0.29) is 28.5 Å². The second kappa shape index (κ2) is 9.69. The van der Waals surface area contributed by atoms with E-state index in [0.717, 1.165) is 5.56 Å². The lowest BCUT2D eigenvalue weighted by Crippen LogP contribution is -2.26. The van der Waals surface area contributed by atoms with Gasteiger partial charge in [-0.15, -0.1) is 0 Å². The van der Waals surface area contributed by atoms with Crippen LogP contribution in [-0.4, -0.2) is 31.1 Å². The third-order valence-corrected chi connectivity index (χ3v) is 5.58. The van der Waals surface area contributed by atoms with Crippen LogP contribution in [0, 0.1) is 0 Å². The number of hydrogen-bond donors (Lipinski definition) is 1.